The van der Waals surface area contributed by atoms with Crippen molar-refractivity contribution in [3.05, 3.63) is 41.6 Å². The molecule has 152 valence electrons. The monoisotopic (exact) mass is 418 g/mol. The van der Waals surface area contributed by atoms with Gasteiger partial charge in [0.2, 0.25) is 0 Å². The first kappa shape index (κ1) is 20.6. The number of carboxylic acid groups (broad SMARTS) is 1. The summed E-state index contributed by atoms with van der Waals surface area (Å²) in [6, 6.07) is 3.32. The van der Waals surface area contributed by atoms with Crippen molar-refractivity contribution in [2.75, 3.05) is 6.26 Å². The molecule has 3 rings (SSSR count). The maximum absolute atomic E-state index is 12.1. The van der Waals surface area contributed by atoms with Gasteiger partial charge in [-0.15, -0.1) is 0 Å². The fourth-order valence-electron chi connectivity index (χ4n) is 2.90. The molecule has 0 radical (unpaired) electrons. The molecule has 0 amide bonds. The topological polar surface area (TPSA) is 141 Å². The molecule has 11 heteroatoms. The van der Waals surface area contributed by atoms with E-state index in [1.165, 1.54) is 6.92 Å². The lowest BCUT2D eigenvalue weighted by Gasteiger charge is -2.10. The number of aryl methyl sites for hydroxylation is 1. The second-order valence-electron chi connectivity index (χ2n) is 6.47. The predicted octanol–water partition coefficient (Wildman–Crippen LogP) is 1.57. The van der Waals surface area contributed by atoms with Gasteiger partial charge in [0, 0.05) is 35.8 Å². The molecular weight excluding hydrogens is 400 g/mol. The first-order valence-electron chi connectivity index (χ1n) is 8.44. The number of rotatable bonds is 7. The Bertz CT molecular complexity index is 1220. The average Bonchev–Trinajstić information content (AvgIpc) is 2.98. The normalized spacial score (nSPS) is 11.7. The number of carbonyl (C=O) groups excluding carboxylic acids is 1. The third-order valence-electron chi connectivity index (χ3n) is 4.08. The van der Waals surface area contributed by atoms with Gasteiger partial charge in [0.05, 0.1) is 18.4 Å². The zero-order valence-corrected chi connectivity index (χ0v) is 16.7. The van der Waals surface area contributed by atoms with Crippen molar-refractivity contribution < 1.29 is 27.3 Å². The van der Waals surface area contributed by atoms with E-state index in [0.29, 0.717) is 33.4 Å². The molecule has 0 aliphatic heterocycles. The summed E-state index contributed by atoms with van der Waals surface area (Å²) in [5.74, 6) is -0.934. The van der Waals surface area contributed by atoms with Gasteiger partial charge in [-0.2, -0.15) is 13.5 Å². The number of nitrogens with zero attached hydrogens (tertiary/aromatic N) is 4. The summed E-state index contributed by atoms with van der Waals surface area (Å²) in [6.07, 6.45) is 4.11. The first-order chi connectivity index (χ1) is 13.5. The maximum Gasteiger partial charge on any atom is 0.325 e. The summed E-state index contributed by atoms with van der Waals surface area (Å²) >= 11 is 0. The number of aromatic nitrogens is 4. The van der Waals surface area contributed by atoms with Crippen LogP contribution < -0.4 is 0 Å². The number of aliphatic carboxylic acids is 1. The van der Waals surface area contributed by atoms with E-state index >= 15 is 0 Å². The van der Waals surface area contributed by atoms with E-state index in [9.17, 15) is 23.1 Å². The van der Waals surface area contributed by atoms with Crippen molar-refractivity contribution in [3.63, 3.8) is 0 Å². The summed E-state index contributed by atoms with van der Waals surface area (Å²) in [5.41, 5.74) is 2.01. The quantitative estimate of drug-likeness (QED) is 0.447. The number of hydrogen-bond acceptors (Lipinski definition) is 8. The highest BCUT2D eigenvalue weighted by molar-refractivity contribution is 7.85. The van der Waals surface area contributed by atoms with Gasteiger partial charge in [0.15, 0.2) is 5.78 Å². The molecule has 0 bridgehead atoms. The summed E-state index contributed by atoms with van der Waals surface area (Å²) in [6.45, 7) is 2.21. The lowest BCUT2D eigenvalue weighted by atomic mass is 10.0. The van der Waals surface area contributed by atoms with E-state index in [1.54, 1.807) is 31.5 Å². The molecule has 3 aromatic rings. The van der Waals surface area contributed by atoms with Crippen molar-refractivity contribution >= 4 is 32.8 Å². The second-order valence-corrected chi connectivity index (χ2v) is 8.12. The van der Waals surface area contributed by atoms with Crippen LogP contribution in [-0.4, -0.2) is 51.3 Å². The number of ketones is 1. The van der Waals surface area contributed by atoms with Crippen LogP contribution in [0.15, 0.2) is 24.5 Å². The Hall–Kier alpha value is -3.18. The van der Waals surface area contributed by atoms with E-state index in [0.717, 1.165) is 10.9 Å². The molecule has 0 aliphatic carbocycles. The number of carboxylic acids is 1. The number of benzene rings is 1. The average molecular weight is 418 g/mol. The molecule has 0 fully saturated rings. The molecule has 0 unspecified atom stereocenters. The highest BCUT2D eigenvalue weighted by atomic mass is 32.2. The van der Waals surface area contributed by atoms with E-state index in [2.05, 4.69) is 15.1 Å². The van der Waals surface area contributed by atoms with Gasteiger partial charge < -0.3 is 5.11 Å². The Morgan fingerprint density at radius 3 is 2.38 bits per heavy atom. The van der Waals surface area contributed by atoms with Gasteiger partial charge in [-0.1, -0.05) is 0 Å². The standard InChI is InChI=1S/C18H18N4O6S/c1-10(23)17-15-5-12(14-6-19-11(2)20-7-14)4-13(9-28-29(3,26)27)18(15)22(21-17)8-16(24)25/h4-7H,8-9H2,1-3H3,(H,24,25). The van der Waals surface area contributed by atoms with Crippen LogP contribution in [0.1, 0.15) is 28.8 Å². The molecule has 0 spiro atoms. The Labute approximate surface area is 166 Å². The Morgan fingerprint density at radius 1 is 1.17 bits per heavy atom. The van der Waals surface area contributed by atoms with Crippen molar-refractivity contribution in [2.45, 2.75) is 27.0 Å². The van der Waals surface area contributed by atoms with Crippen LogP contribution in [0.5, 0.6) is 0 Å². The number of carbonyl (C=O) groups is 2. The van der Waals surface area contributed by atoms with Crippen LogP contribution in [0.25, 0.3) is 22.0 Å². The minimum atomic E-state index is -3.76. The SMILES string of the molecule is CC(=O)c1nn(CC(=O)O)c2c(COS(C)(=O)=O)cc(-c3cnc(C)nc3)cc12. The van der Waals surface area contributed by atoms with E-state index in [1.807, 2.05) is 0 Å². The molecule has 10 nitrogen and oxygen atoms in total. The summed E-state index contributed by atoms with van der Waals surface area (Å²) in [4.78, 5) is 31.7. The largest absolute Gasteiger partial charge is 0.480 e. The predicted molar refractivity (Wildman–Crippen MR) is 103 cm³/mol. The number of hydrogen-bond donors (Lipinski definition) is 1. The van der Waals surface area contributed by atoms with Gasteiger partial charge in [-0.05, 0) is 24.6 Å². The zero-order chi connectivity index (χ0) is 21.3. The number of Topliss-reactive ketones (excluding diaryl/α,β-unsaturated/α-hetero) is 1. The Kier molecular flexibility index (Phi) is 5.44. The van der Waals surface area contributed by atoms with Crippen molar-refractivity contribution in [1.29, 1.82) is 0 Å². The smallest absolute Gasteiger partial charge is 0.325 e. The van der Waals surface area contributed by atoms with E-state index in [-0.39, 0.29) is 18.1 Å². The molecule has 0 saturated carbocycles. The van der Waals surface area contributed by atoms with E-state index < -0.39 is 22.6 Å². The zero-order valence-electron chi connectivity index (χ0n) is 15.9. The van der Waals surface area contributed by atoms with Crippen LogP contribution in [0.4, 0.5) is 0 Å². The summed E-state index contributed by atoms with van der Waals surface area (Å²) < 4.78 is 29.1. The van der Waals surface area contributed by atoms with Crippen molar-refractivity contribution in [3.8, 4) is 11.1 Å². The van der Waals surface area contributed by atoms with Gasteiger partial charge >= 0.3 is 5.97 Å². The summed E-state index contributed by atoms with van der Waals surface area (Å²) in [7, 11) is -3.76. The first-order valence-corrected chi connectivity index (χ1v) is 10.3. The van der Waals surface area contributed by atoms with Crippen LogP contribution in [0.3, 0.4) is 0 Å². The van der Waals surface area contributed by atoms with Gasteiger partial charge in [0.25, 0.3) is 10.1 Å². The number of fused-ring (bicyclic) bond motifs is 1. The Balaban J connectivity index is 2.29. The minimum Gasteiger partial charge on any atom is -0.480 e. The summed E-state index contributed by atoms with van der Waals surface area (Å²) in [5, 5.41) is 13.7. The fourth-order valence-corrected chi connectivity index (χ4v) is 3.24. The molecular formula is C18H18N4O6S. The third-order valence-corrected chi connectivity index (χ3v) is 4.63. The van der Waals surface area contributed by atoms with Crippen LogP contribution in [0.2, 0.25) is 0 Å². The maximum atomic E-state index is 12.1. The highest BCUT2D eigenvalue weighted by Gasteiger charge is 2.21. The molecule has 29 heavy (non-hydrogen) atoms. The lowest BCUT2D eigenvalue weighted by molar-refractivity contribution is -0.137. The van der Waals surface area contributed by atoms with Crippen LogP contribution >= 0.6 is 0 Å². The molecule has 0 aliphatic rings. The van der Waals surface area contributed by atoms with Crippen molar-refractivity contribution in [2.24, 2.45) is 0 Å². The molecule has 2 heterocycles. The van der Waals surface area contributed by atoms with E-state index in [4.69, 9.17) is 4.18 Å². The second kappa shape index (κ2) is 7.68. The molecule has 0 saturated heterocycles. The lowest BCUT2D eigenvalue weighted by Crippen LogP contribution is -2.12. The molecule has 1 aromatic carbocycles. The van der Waals surface area contributed by atoms with Crippen LogP contribution in [0, 0.1) is 6.92 Å². The fraction of sp³-hybridized carbons (Fsp3) is 0.278. The van der Waals surface area contributed by atoms with Gasteiger partial charge in [-0.3, -0.25) is 18.5 Å². The minimum absolute atomic E-state index is 0.0803. The van der Waals surface area contributed by atoms with Crippen molar-refractivity contribution in [1.82, 2.24) is 19.7 Å². The molecule has 2 aromatic heterocycles. The molecule has 0 atom stereocenters. The molecule has 1 N–H and O–H groups in total. The van der Waals surface area contributed by atoms with Gasteiger partial charge in [-0.25, -0.2) is 9.97 Å². The third kappa shape index (κ3) is 4.63. The van der Waals surface area contributed by atoms with Gasteiger partial charge in [0.1, 0.15) is 18.1 Å². The Morgan fingerprint density at radius 2 is 1.83 bits per heavy atom. The van der Waals surface area contributed by atoms with Crippen LogP contribution in [-0.2, 0) is 32.2 Å². The highest BCUT2D eigenvalue weighted by Crippen LogP contribution is 2.30.